The summed E-state index contributed by atoms with van der Waals surface area (Å²) in [7, 11) is 0. The summed E-state index contributed by atoms with van der Waals surface area (Å²) in [5.74, 6) is -0.358. The predicted molar refractivity (Wildman–Crippen MR) is 79.8 cm³/mol. The first kappa shape index (κ1) is 15.3. The van der Waals surface area contributed by atoms with Crippen LogP contribution in [0.1, 0.15) is 31.2 Å². The van der Waals surface area contributed by atoms with Crippen LogP contribution in [0.25, 0.3) is 0 Å². The number of amides is 2. The van der Waals surface area contributed by atoms with Crippen molar-refractivity contribution in [1.82, 2.24) is 5.32 Å². The lowest BCUT2D eigenvalue weighted by molar-refractivity contribution is -0.125. The minimum atomic E-state index is -0.519. The van der Waals surface area contributed by atoms with E-state index in [0.717, 1.165) is 18.4 Å². The zero-order valence-corrected chi connectivity index (χ0v) is 12.2. The summed E-state index contributed by atoms with van der Waals surface area (Å²) in [6.07, 6.45) is 3.01. The first-order valence-electron chi connectivity index (χ1n) is 6.86. The number of benzene rings is 1. The molecule has 1 fully saturated rings. The lowest BCUT2D eigenvalue weighted by Gasteiger charge is -2.16. The minimum absolute atomic E-state index is 0.0943. The maximum Gasteiger partial charge on any atom is 0.246 e. The van der Waals surface area contributed by atoms with Crippen molar-refractivity contribution in [3.63, 3.8) is 0 Å². The zero-order chi connectivity index (χ0) is 15.2. The smallest absolute Gasteiger partial charge is 0.246 e. The van der Waals surface area contributed by atoms with Crippen LogP contribution in [0.2, 0.25) is 5.02 Å². The van der Waals surface area contributed by atoms with Crippen molar-refractivity contribution >= 4 is 29.1 Å². The Kier molecular flexibility index (Phi) is 5.18. The van der Waals surface area contributed by atoms with E-state index in [0.29, 0.717) is 23.6 Å². The molecule has 0 aromatic heterocycles. The van der Waals surface area contributed by atoms with Crippen molar-refractivity contribution in [3.05, 3.63) is 28.8 Å². The Labute approximate surface area is 128 Å². The second-order valence-corrected chi connectivity index (χ2v) is 5.41. The summed E-state index contributed by atoms with van der Waals surface area (Å²) in [6.45, 7) is 0. The van der Waals surface area contributed by atoms with Gasteiger partial charge in [-0.25, -0.2) is 0 Å². The maximum absolute atomic E-state index is 12.2. The molecule has 0 spiro atoms. The molecule has 1 aromatic rings. The maximum atomic E-state index is 12.2. The van der Waals surface area contributed by atoms with Crippen molar-refractivity contribution in [1.29, 1.82) is 5.26 Å². The zero-order valence-electron chi connectivity index (χ0n) is 11.5. The van der Waals surface area contributed by atoms with Gasteiger partial charge in [0.15, 0.2) is 0 Å². The number of nitrogens with zero attached hydrogens (tertiary/aromatic N) is 1. The van der Waals surface area contributed by atoms with Gasteiger partial charge in [0.2, 0.25) is 11.8 Å². The van der Waals surface area contributed by atoms with Crippen molar-refractivity contribution < 1.29 is 9.59 Å². The van der Waals surface area contributed by atoms with E-state index in [1.54, 1.807) is 18.2 Å². The third-order valence-corrected chi connectivity index (χ3v) is 3.69. The van der Waals surface area contributed by atoms with Crippen LogP contribution in [0.4, 0.5) is 5.69 Å². The molecule has 110 valence electrons. The highest BCUT2D eigenvalue weighted by atomic mass is 35.5. The third kappa shape index (κ3) is 4.20. The van der Waals surface area contributed by atoms with Crippen molar-refractivity contribution in [2.45, 2.75) is 38.1 Å². The molecule has 1 unspecified atom stereocenters. The molecule has 0 radical (unpaired) electrons. The molecule has 1 atom stereocenters. The van der Waals surface area contributed by atoms with Gasteiger partial charge in [-0.2, -0.15) is 5.26 Å². The van der Waals surface area contributed by atoms with E-state index in [2.05, 4.69) is 10.6 Å². The van der Waals surface area contributed by atoms with Crippen molar-refractivity contribution in [2.24, 2.45) is 0 Å². The average molecular weight is 306 g/mol. The Morgan fingerprint density at radius 3 is 3.00 bits per heavy atom. The van der Waals surface area contributed by atoms with Crippen LogP contribution in [-0.4, -0.2) is 17.9 Å². The van der Waals surface area contributed by atoms with Gasteiger partial charge in [0.25, 0.3) is 0 Å². The van der Waals surface area contributed by atoms with Gasteiger partial charge in [-0.05, 0) is 30.5 Å². The van der Waals surface area contributed by atoms with Gasteiger partial charge in [-0.3, -0.25) is 9.59 Å². The largest absolute Gasteiger partial charge is 0.344 e. The lowest BCUT2D eigenvalue weighted by atomic mass is 10.1. The number of hydrogen-bond donors (Lipinski definition) is 2. The van der Waals surface area contributed by atoms with Crippen LogP contribution in [0, 0.1) is 11.3 Å². The third-order valence-electron chi connectivity index (χ3n) is 3.37. The van der Waals surface area contributed by atoms with Gasteiger partial charge in [-0.1, -0.05) is 24.1 Å². The normalized spacial score (nSPS) is 18.3. The van der Waals surface area contributed by atoms with Crippen LogP contribution in [0.5, 0.6) is 0 Å². The summed E-state index contributed by atoms with van der Waals surface area (Å²) in [6, 6.07) is 6.60. The van der Waals surface area contributed by atoms with E-state index in [-0.39, 0.29) is 18.2 Å². The number of nitrogens with one attached hydrogen (secondary N) is 2. The first-order chi connectivity index (χ1) is 10.1. The number of rotatable bonds is 3. The highest BCUT2D eigenvalue weighted by Crippen LogP contribution is 2.24. The lowest BCUT2D eigenvalue weighted by Crippen LogP contribution is -2.42. The van der Waals surface area contributed by atoms with Gasteiger partial charge in [0.05, 0.1) is 23.2 Å². The first-order valence-corrected chi connectivity index (χ1v) is 7.23. The summed E-state index contributed by atoms with van der Waals surface area (Å²) in [5, 5.41) is 14.5. The predicted octanol–water partition coefficient (Wildman–Crippen LogP) is 2.40. The highest BCUT2D eigenvalue weighted by Gasteiger charge is 2.23. The van der Waals surface area contributed by atoms with E-state index in [4.69, 9.17) is 16.9 Å². The Morgan fingerprint density at radius 1 is 1.48 bits per heavy atom. The summed E-state index contributed by atoms with van der Waals surface area (Å²) >= 11 is 6.10. The van der Waals surface area contributed by atoms with Crippen LogP contribution in [-0.2, 0) is 16.0 Å². The number of carbonyl (C=O) groups excluding carboxylic acids is 2. The average Bonchev–Trinajstić information content (AvgIpc) is 2.67. The van der Waals surface area contributed by atoms with Crippen molar-refractivity contribution in [3.8, 4) is 6.07 Å². The summed E-state index contributed by atoms with van der Waals surface area (Å²) in [5.41, 5.74) is 1.28. The van der Waals surface area contributed by atoms with E-state index >= 15 is 0 Å². The number of nitriles is 1. The molecular weight excluding hydrogens is 290 g/mol. The van der Waals surface area contributed by atoms with Crippen LogP contribution < -0.4 is 10.6 Å². The van der Waals surface area contributed by atoms with Crippen LogP contribution in [0.15, 0.2) is 18.2 Å². The highest BCUT2D eigenvalue weighted by molar-refractivity contribution is 6.33. The number of carbonyl (C=O) groups is 2. The van der Waals surface area contributed by atoms with Gasteiger partial charge in [0.1, 0.15) is 6.04 Å². The Morgan fingerprint density at radius 2 is 2.29 bits per heavy atom. The molecule has 0 bridgehead atoms. The van der Waals surface area contributed by atoms with Crippen molar-refractivity contribution in [2.75, 3.05) is 5.32 Å². The van der Waals surface area contributed by atoms with Gasteiger partial charge < -0.3 is 10.6 Å². The molecule has 0 aliphatic carbocycles. The molecule has 1 heterocycles. The molecule has 5 nitrogen and oxygen atoms in total. The number of anilines is 1. The molecule has 1 aliphatic heterocycles. The Hall–Kier alpha value is -2.06. The second kappa shape index (κ2) is 7.09. The molecule has 1 aliphatic rings. The molecule has 2 N–H and O–H groups in total. The number of halogens is 1. The topological polar surface area (TPSA) is 82.0 Å². The molecule has 6 heteroatoms. The molecule has 2 amide bonds. The monoisotopic (exact) mass is 305 g/mol. The quantitative estimate of drug-likeness (QED) is 0.899. The van der Waals surface area contributed by atoms with E-state index in [1.807, 2.05) is 6.07 Å². The second-order valence-electron chi connectivity index (χ2n) is 5.00. The molecule has 1 saturated heterocycles. The van der Waals surface area contributed by atoms with E-state index in [9.17, 15) is 9.59 Å². The SMILES string of the molecule is N#CCc1ccc(NC(=O)C2CCCCC(=O)N2)c(Cl)c1. The summed E-state index contributed by atoms with van der Waals surface area (Å²) in [4.78, 5) is 23.7. The fourth-order valence-corrected chi connectivity index (χ4v) is 2.50. The van der Waals surface area contributed by atoms with Gasteiger partial charge in [0, 0.05) is 6.42 Å². The Balaban J connectivity index is 2.05. The van der Waals surface area contributed by atoms with Gasteiger partial charge in [-0.15, -0.1) is 0 Å². The fraction of sp³-hybridized carbons (Fsp3) is 0.400. The molecule has 1 aromatic carbocycles. The van der Waals surface area contributed by atoms with E-state index < -0.39 is 6.04 Å². The molecule has 0 saturated carbocycles. The Bertz CT molecular complexity index is 595. The van der Waals surface area contributed by atoms with Gasteiger partial charge >= 0.3 is 0 Å². The fourth-order valence-electron chi connectivity index (χ4n) is 2.25. The summed E-state index contributed by atoms with van der Waals surface area (Å²) < 4.78 is 0. The standard InChI is InChI=1S/C15H16ClN3O2/c16-11-9-10(7-8-17)5-6-12(11)19-15(21)13-3-1-2-4-14(20)18-13/h5-6,9,13H,1-4,7H2,(H,18,20)(H,19,21). The molecule has 2 rings (SSSR count). The molecule has 21 heavy (non-hydrogen) atoms. The van der Waals surface area contributed by atoms with Crippen LogP contribution in [0.3, 0.4) is 0 Å². The number of hydrogen-bond acceptors (Lipinski definition) is 3. The minimum Gasteiger partial charge on any atom is -0.344 e. The van der Waals surface area contributed by atoms with Crippen LogP contribution >= 0.6 is 11.6 Å². The molecular formula is C15H16ClN3O2. The van der Waals surface area contributed by atoms with E-state index in [1.165, 1.54) is 0 Å².